The number of carbonyl (C=O) groups excluding carboxylic acids is 1. The van der Waals surface area contributed by atoms with Crippen molar-refractivity contribution in [1.82, 2.24) is 9.47 Å². The van der Waals surface area contributed by atoms with Crippen LogP contribution >= 0.6 is 0 Å². The fraction of sp³-hybridized carbons (Fsp3) is 0.167. The molecule has 110 valence electrons. The number of hydrogen-bond donors (Lipinski definition) is 0. The Balaban J connectivity index is 1.73. The number of fused-ring (bicyclic) bond motifs is 1. The highest BCUT2D eigenvalue weighted by atomic mass is 16.3. The molecule has 0 unspecified atom stereocenters. The number of furan rings is 1. The summed E-state index contributed by atoms with van der Waals surface area (Å²) in [4.78, 5) is 13.9. The summed E-state index contributed by atoms with van der Waals surface area (Å²) in [7, 11) is 3.60. The molecule has 0 radical (unpaired) electrons. The van der Waals surface area contributed by atoms with Gasteiger partial charge in [-0.25, -0.2) is 0 Å². The minimum Gasteiger partial charge on any atom is -0.463 e. The molecule has 1 aromatic carbocycles. The Morgan fingerprint density at radius 1 is 1.27 bits per heavy atom. The van der Waals surface area contributed by atoms with Crippen LogP contribution in [0.3, 0.4) is 0 Å². The molecule has 1 amide bonds. The number of para-hydroxylation sites is 1. The van der Waals surface area contributed by atoms with Crippen molar-refractivity contribution in [2.75, 3.05) is 13.6 Å². The number of hydrogen-bond acceptors (Lipinski definition) is 2. The summed E-state index contributed by atoms with van der Waals surface area (Å²) >= 11 is 0. The van der Waals surface area contributed by atoms with E-state index in [9.17, 15) is 4.79 Å². The minimum atomic E-state index is -0.0427. The standard InChI is InChI=1S/C18H16N2O2/c1-19-11-6-9-16(19)18(21)20(2)12-5-7-14-13-22-17-10-4-3-8-15(14)17/h3-4,6,8-11,13H,12H2,1-2H3. The SMILES string of the molecule is CN(CC#Cc1coc2ccccc12)C(=O)c1cccn1C. The highest BCUT2D eigenvalue weighted by Crippen LogP contribution is 2.19. The van der Waals surface area contributed by atoms with E-state index in [1.807, 2.05) is 43.6 Å². The van der Waals surface area contributed by atoms with E-state index in [0.29, 0.717) is 12.2 Å². The molecule has 0 fully saturated rings. The lowest BCUT2D eigenvalue weighted by Crippen LogP contribution is -2.28. The maximum atomic E-state index is 12.3. The van der Waals surface area contributed by atoms with E-state index < -0.39 is 0 Å². The number of rotatable bonds is 2. The van der Waals surface area contributed by atoms with Gasteiger partial charge in [0.1, 0.15) is 17.5 Å². The van der Waals surface area contributed by atoms with Gasteiger partial charge in [0.2, 0.25) is 0 Å². The number of nitrogens with zero attached hydrogens (tertiary/aromatic N) is 2. The van der Waals surface area contributed by atoms with Crippen LogP contribution in [0.15, 0.2) is 53.3 Å². The Morgan fingerprint density at radius 3 is 2.86 bits per heavy atom. The van der Waals surface area contributed by atoms with Crippen LogP contribution in [0, 0.1) is 11.8 Å². The van der Waals surface area contributed by atoms with Gasteiger partial charge in [-0.3, -0.25) is 4.79 Å². The second-order valence-electron chi connectivity index (χ2n) is 5.11. The minimum absolute atomic E-state index is 0.0427. The third-order valence-electron chi connectivity index (χ3n) is 3.53. The number of aromatic nitrogens is 1. The lowest BCUT2D eigenvalue weighted by molar-refractivity contribution is 0.0803. The lowest BCUT2D eigenvalue weighted by atomic mass is 10.2. The smallest absolute Gasteiger partial charge is 0.270 e. The van der Waals surface area contributed by atoms with E-state index in [1.54, 1.807) is 28.8 Å². The van der Waals surface area contributed by atoms with E-state index in [-0.39, 0.29) is 5.91 Å². The molecule has 2 heterocycles. The van der Waals surface area contributed by atoms with Gasteiger partial charge >= 0.3 is 0 Å². The number of carbonyl (C=O) groups is 1. The predicted octanol–water partition coefficient (Wildman–Crippen LogP) is 2.90. The van der Waals surface area contributed by atoms with E-state index in [0.717, 1.165) is 16.5 Å². The highest BCUT2D eigenvalue weighted by molar-refractivity contribution is 5.92. The Bertz CT molecular complexity index is 877. The van der Waals surface area contributed by atoms with Crippen LogP contribution in [0.5, 0.6) is 0 Å². The van der Waals surface area contributed by atoms with Crippen LogP contribution in [0.4, 0.5) is 0 Å². The van der Waals surface area contributed by atoms with Crippen molar-refractivity contribution in [3.8, 4) is 11.8 Å². The number of benzene rings is 1. The zero-order valence-corrected chi connectivity index (χ0v) is 12.5. The Morgan fingerprint density at radius 2 is 2.09 bits per heavy atom. The highest BCUT2D eigenvalue weighted by Gasteiger charge is 2.12. The van der Waals surface area contributed by atoms with E-state index in [4.69, 9.17) is 4.42 Å². The normalized spacial score (nSPS) is 10.3. The molecular weight excluding hydrogens is 276 g/mol. The van der Waals surface area contributed by atoms with Crippen molar-refractivity contribution in [3.05, 3.63) is 60.1 Å². The van der Waals surface area contributed by atoms with Crippen molar-refractivity contribution in [2.24, 2.45) is 7.05 Å². The van der Waals surface area contributed by atoms with Gasteiger partial charge in [0, 0.05) is 25.7 Å². The summed E-state index contributed by atoms with van der Waals surface area (Å²) in [6.45, 7) is 0.365. The van der Waals surface area contributed by atoms with Gasteiger partial charge in [0.25, 0.3) is 5.91 Å². The number of amides is 1. The van der Waals surface area contributed by atoms with Crippen molar-refractivity contribution in [1.29, 1.82) is 0 Å². The Labute approximate surface area is 128 Å². The maximum absolute atomic E-state index is 12.3. The molecule has 0 saturated heterocycles. The second kappa shape index (κ2) is 5.82. The molecule has 0 saturated carbocycles. The first-order valence-electron chi connectivity index (χ1n) is 6.98. The quantitative estimate of drug-likeness (QED) is 0.681. The summed E-state index contributed by atoms with van der Waals surface area (Å²) in [5.74, 6) is 6.05. The van der Waals surface area contributed by atoms with Crippen molar-refractivity contribution in [3.63, 3.8) is 0 Å². The monoisotopic (exact) mass is 292 g/mol. The van der Waals surface area contributed by atoms with Gasteiger partial charge in [-0.1, -0.05) is 24.0 Å². The predicted molar refractivity (Wildman–Crippen MR) is 85.5 cm³/mol. The van der Waals surface area contributed by atoms with Crippen molar-refractivity contribution < 1.29 is 9.21 Å². The molecule has 0 atom stereocenters. The van der Waals surface area contributed by atoms with E-state index >= 15 is 0 Å². The third kappa shape index (κ3) is 2.61. The Kier molecular flexibility index (Phi) is 3.71. The van der Waals surface area contributed by atoms with Gasteiger partial charge in [-0.15, -0.1) is 0 Å². The van der Waals surface area contributed by atoms with Crippen LogP contribution in [-0.4, -0.2) is 29.0 Å². The topological polar surface area (TPSA) is 38.4 Å². The fourth-order valence-corrected chi connectivity index (χ4v) is 2.28. The van der Waals surface area contributed by atoms with Crippen LogP contribution in [0.2, 0.25) is 0 Å². The molecule has 4 nitrogen and oxygen atoms in total. The van der Waals surface area contributed by atoms with E-state index in [2.05, 4.69) is 11.8 Å². The summed E-state index contributed by atoms with van der Waals surface area (Å²) in [6, 6.07) is 11.4. The molecule has 0 spiro atoms. The van der Waals surface area contributed by atoms with Crippen LogP contribution in [0.1, 0.15) is 16.1 Å². The molecule has 0 aliphatic carbocycles. The zero-order chi connectivity index (χ0) is 15.5. The molecule has 3 aromatic rings. The van der Waals surface area contributed by atoms with Crippen LogP contribution in [0.25, 0.3) is 11.0 Å². The van der Waals surface area contributed by atoms with Gasteiger partial charge in [-0.05, 0) is 24.3 Å². The third-order valence-corrected chi connectivity index (χ3v) is 3.53. The largest absolute Gasteiger partial charge is 0.463 e. The first-order valence-corrected chi connectivity index (χ1v) is 6.98. The van der Waals surface area contributed by atoms with Gasteiger partial charge in [-0.2, -0.15) is 0 Å². The summed E-state index contributed by atoms with van der Waals surface area (Å²) in [5.41, 5.74) is 2.31. The molecule has 22 heavy (non-hydrogen) atoms. The Hall–Kier alpha value is -2.93. The lowest BCUT2D eigenvalue weighted by Gasteiger charge is -2.14. The van der Waals surface area contributed by atoms with E-state index in [1.165, 1.54) is 0 Å². The zero-order valence-electron chi connectivity index (χ0n) is 12.5. The molecule has 4 heteroatoms. The molecule has 0 N–H and O–H groups in total. The molecule has 0 aliphatic heterocycles. The van der Waals surface area contributed by atoms with Crippen LogP contribution in [-0.2, 0) is 7.05 Å². The fourth-order valence-electron chi connectivity index (χ4n) is 2.28. The molecular formula is C18H16N2O2. The van der Waals surface area contributed by atoms with Crippen LogP contribution < -0.4 is 0 Å². The first-order chi connectivity index (χ1) is 10.7. The molecule has 2 aromatic heterocycles. The van der Waals surface area contributed by atoms with Gasteiger partial charge in [0.05, 0.1) is 12.1 Å². The van der Waals surface area contributed by atoms with Crippen molar-refractivity contribution in [2.45, 2.75) is 0 Å². The molecule has 0 aliphatic rings. The number of aryl methyl sites for hydroxylation is 1. The summed E-state index contributed by atoms with van der Waals surface area (Å²) < 4.78 is 7.24. The van der Waals surface area contributed by atoms with Crippen molar-refractivity contribution >= 4 is 16.9 Å². The maximum Gasteiger partial charge on any atom is 0.270 e. The first kappa shape index (κ1) is 14.0. The summed E-state index contributed by atoms with van der Waals surface area (Å²) in [6.07, 6.45) is 3.50. The van der Waals surface area contributed by atoms with Gasteiger partial charge in [0.15, 0.2) is 0 Å². The average Bonchev–Trinajstić information content (AvgIpc) is 3.13. The van der Waals surface area contributed by atoms with Gasteiger partial charge < -0.3 is 13.9 Å². The summed E-state index contributed by atoms with van der Waals surface area (Å²) in [5, 5.41) is 0.992. The second-order valence-corrected chi connectivity index (χ2v) is 5.11. The molecule has 3 rings (SSSR count). The average molecular weight is 292 g/mol. The molecule has 0 bridgehead atoms.